The van der Waals surface area contributed by atoms with Crippen molar-refractivity contribution in [2.24, 2.45) is 0 Å². The van der Waals surface area contributed by atoms with Crippen molar-refractivity contribution in [3.63, 3.8) is 0 Å². The fourth-order valence-electron chi connectivity index (χ4n) is 1.43. The molecule has 0 saturated heterocycles. The highest BCUT2D eigenvalue weighted by molar-refractivity contribution is 9.09. The first-order valence-corrected chi connectivity index (χ1v) is 6.88. The second kappa shape index (κ2) is 5.06. The van der Waals surface area contributed by atoms with Gasteiger partial charge in [0.1, 0.15) is 10.8 Å². The molecule has 1 heterocycles. The number of ketones is 1. The van der Waals surface area contributed by atoms with E-state index in [1.807, 2.05) is 0 Å². The van der Waals surface area contributed by atoms with Crippen molar-refractivity contribution in [2.45, 2.75) is 6.92 Å². The van der Waals surface area contributed by atoms with Gasteiger partial charge in [0.25, 0.3) is 0 Å². The molecule has 5 heteroatoms. The van der Waals surface area contributed by atoms with Crippen molar-refractivity contribution in [2.75, 3.05) is 5.33 Å². The summed E-state index contributed by atoms with van der Waals surface area (Å²) in [7, 11) is 0. The first-order valence-electron chi connectivity index (χ1n) is 4.94. The van der Waals surface area contributed by atoms with Crippen LogP contribution in [0.25, 0.3) is 10.6 Å². The highest BCUT2D eigenvalue weighted by Gasteiger charge is 2.14. The molecule has 0 aliphatic rings. The van der Waals surface area contributed by atoms with Crippen molar-refractivity contribution in [3.8, 4) is 10.6 Å². The first-order chi connectivity index (χ1) is 8.11. The molecule has 0 N–H and O–H groups in total. The van der Waals surface area contributed by atoms with E-state index in [9.17, 15) is 9.18 Å². The predicted octanol–water partition coefficient (Wildman–Crippen LogP) is 3.84. The van der Waals surface area contributed by atoms with Crippen LogP contribution in [0.1, 0.15) is 15.4 Å². The minimum Gasteiger partial charge on any atom is -0.292 e. The highest BCUT2D eigenvalue weighted by Crippen LogP contribution is 2.28. The van der Waals surface area contributed by atoms with Crippen LogP contribution in [0.3, 0.4) is 0 Å². The number of halogens is 2. The van der Waals surface area contributed by atoms with E-state index in [1.165, 1.54) is 23.5 Å². The Morgan fingerprint density at radius 1 is 1.41 bits per heavy atom. The van der Waals surface area contributed by atoms with E-state index >= 15 is 0 Å². The molecule has 0 atom stereocenters. The molecule has 2 aromatic rings. The van der Waals surface area contributed by atoms with E-state index in [-0.39, 0.29) is 11.6 Å². The normalized spacial score (nSPS) is 10.5. The number of rotatable bonds is 3. The van der Waals surface area contributed by atoms with Gasteiger partial charge in [0.05, 0.1) is 15.9 Å². The summed E-state index contributed by atoms with van der Waals surface area (Å²) < 4.78 is 12.8. The lowest BCUT2D eigenvalue weighted by atomic mass is 10.2. The number of carbonyl (C=O) groups is 1. The average molecular weight is 314 g/mol. The molecule has 0 fully saturated rings. The topological polar surface area (TPSA) is 30.0 Å². The molecule has 2 nitrogen and oxygen atoms in total. The van der Waals surface area contributed by atoms with Crippen LogP contribution in [-0.4, -0.2) is 16.1 Å². The summed E-state index contributed by atoms with van der Waals surface area (Å²) in [5, 5.41) is 1.03. The summed E-state index contributed by atoms with van der Waals surface area (Å²) in [5.74, 6) is -0.257. The highest BCUT2D eigenvalue weighted by atomic mass is 79.9. The summed E-state index contributed by atoms with van der Waals surface area (Å²) in [5.41, 5.74) is 1.55. The number of alkyl halides is 1. The van der Waals surface area contributed by atoms with Gasteiger partial charge in [-0.15, -0.1) is 11.3 Å². The molecule has 0 spiro atoms. The molecular weight excluding hydrogens is 305 g/mol. The van der Waals surface area contributed by atoms with Crippen molar-refractivity contribution < 1.29 is 9.18 Å². The van der Waals surface area contributed by atoms with Crippen LogP contribution in [0.2, 0.25) is 0 Å². The Hall–Kier alpha value is -1.07. The summed E-state index contributed by atoms with van der Waals surface area (Å²) in [6, 6.07) is 6.10. The van der Waals surface area contributed by atoms with Crippen molar-refractivity contribution >= 4 is 33.0 Å². The lowest BCUT2D eigenvalue weighted by Gasteiger charge is -1.94. The van der Waals surface area contributed by atoms with Gasteiger partial charge in [-0.1, -0.05) is 15.9 Å². The molecule has 0 bridgehead atoms. The largest absolute Gasteiger partial charge is 0.292 e. The second-order valence-corrected chi connectivity index (χ2v) is 5.06. The van der Waals surface area contributed by atoms with E-state index in [1.54, 1.807) is 19.1 Å². The van der Waals surface area contributed by atoms with E-state index in [0.29, 0.717) is 10.2 Å². The Bertz CT molecular complexity index is 550. The third kappa shape index (κ3) is 2.61. The van der Waals surface area contributed by atoms with Crippen LogP contribution in [0.15, 0.2) is 24.3 Å². The standard InChI is InChI=1S/C12H9BrFNOS/c1-7-11(10(16)6-13)17-12(15-7)8-2-4-9(14)5-3-8/h2-5H,6H2,1H3. The van der Waals surface area contributed by atoms with Crippen LogP contribution in [0, 0.1) is 12.7 Å². The Kier molecular flexibility index (Phi) is 3.69. The molecule has 88 valence electrons. The fourth-order valence-corrected chi connectivity index (χ4v) is 2.91. The third-order valence-corrected chi connectivity index (χ3v) is 4.02. The minimum absolute atomic E-state index is 0.0216. The van der Waals surface area contributed by atoms with Crippen LogP contribution >= 0.6 is 27.3 Å². The smallest absolute Gasteiger partial charge is 0.185 e. The molecule has 17 heavy (non-hydrogen) atoms. The lowest BCUT2D eigenvalue weighted by Crippen LogP contribution is -1.98. The summed E-state index contributed by atoms with van der Waals surface area (Å²) in [6.07, 6.45) is 0. The Labute approximate surface area is 111 Å². The van der Waals surface area contributed by atoms with Gasteiger partial charge in [-0.25, -0.2) is 9.37 Å². The summed E-state index contributed by atoms with van der Waals surface area (Å²) in [6.45, 7) is 1.80. The van der Waals surface area contributed by atoms with Gasteiger partial charge in [-0.05, 0) is 31.2 Å². The second-order valence-electron chi connectivity index (χ2n) is 3.50. The Balaban J connectivity index is 2.41. The number of carbonyl (C=O) groups excluding carboxylic acids is 1. The van der Waals surface area contributed by atoms with Gasteiger partial charge < -0.3 is 0 Å². The maximum Gasteiger partial charge on any atom is 0.185 e. The SMILES string of the molecule is Cc1nc(-c2ccc(F)cc2)sc1C(=O)CBr. The van der Waals surface area contributed by atoms with Crippen LogP contribution in [0.5, 0.6) is 0 Å². The molecule has 0 amide bonds. The van der Waals surface area contributed by atoms with E-state index < -0.39 is 0 Å². The number of hydrogen-bond donors (Lipinski definition) is 0. The molecule has 2 rings (SSSR count). The third-order valence-electron chi connectivity index (χ3n) is 2.26. The fraction of sp³-hybridized carbons (Fsp3) is 0.167. The number of aromatic nitrogens is 1. The van der Waals surface area contributed by atoms with Crippen LogP contribution < -0.4 is 0 Å². The molecule has 0 radical (unpaired) electrons. The molecule has 1 aromatic carbocycles. The number of Topliss-reactive ketones (excluding diaryl/α,β-unsaturated/α-hetero) is 1. The van der Waals surface area contributed by atoms with Gasteiger partial charge in [-0.2, -0.15) is 0 Å². The number of nitrogens with zero attached hydrogens (tertiary/aromatic N) is 1. The number of hydrogen-bond acceptors (Lipinski definition) is 3. The van der Waals surface area contributed by atoms with Crippen LogP contribution in [-0.2, 0) is 0 Å². The van der Waals surface area contributed by atoms with Gasteiger partial charge >= 0.3 is 0 Å². The summed E-state index contributed by atoms with van der Waals surface area (Å²) >= 11 is 4.48. The van der Waals surface area contributed by atoms with Crippen molar-refractivity contribution in [1.82, 2.24) is 4.98 Å². The van der Waals surface area contributed by atoms with E-state index in [4.69, 9.17) is 0 Å². The number of thiazole rings is 1. The molecule has 0 aliphatic heterocycles. The maximum absolute atomic E-state index is 12.8. The maximum atomic E-state index is 12.8. The Morgan fingerprint density at radius 3 is 2.65 bits per heavy atom. The zero-order valence-corrected chi connectivity index (χ0v) is 11.4. The molecular formula is C12H9BrFNOS. The van der Waals surface area contributed by atoms with Crippen LogP contribution in [0.4, 0.5) is 4.39 Å². The molecule has 1 aromatic heterocycles. The van der Waals surface area contributed by atoms with Gasteiger partial charge in [0.15, 0.2) is 5.78 Å². The zero-order valence-electron chi connectivity index (χ0n) is 9.04. The number of aryl methyl sites for hydroxylation is 1. The van der Waals surface area contributed by atoms with Crippen molar-refractivity contribution in [3.05, 3.63) is 40.7 Å². The van der Waals surface area contributed by atoms with E-state index in [0.717, 1.165) is 16.3 Å². The monoisotopic (exact) mass is 313 g/mol. The molecule has 0 saturated carbocycles. The predicted molar refractivity (Wildman–Crippen MR) is 70.4 cm³/mol. The number of benzene rings is 1. The zero-order chi connectivity index (χ0) is 12.4. The quantitative estimate of drug-likeness (QED) is 0.636. The minimum atomic E-state index is -0.279. The van der Waals surface area contributed by atoms with E-state index in [2.05, 4.69) is 20.9 Å². The van der Waals surface area contributed by atoms with Gasteiger partial charge in [0.2, 0.25) is 0 Å². The Morgan fingerprint density at radius 2 is 2.06 bits per heavy atom. The lowest BCUT2D eigenvalue weighted by molar-refractivity contribution is 0.102. The van der Waals surface area contributed by atoms with Gasteiger partial charge in [0, 0.05) is 5.56 Å². The average Bonchev–Trinajstić information content (AvgIpc) is 2.71. The first kappa shape index (κ1) is 12.4. The summed E-state index contributed by atoms with van der Waals surface area (Å²) in [4.78, 5) is 16.6. The molecule has 0 aliphatic carbocycles. The van der Waals surface area contributed by atoms with Gasteiger partial charge in [-0.3, -0.25) is 4.79 Å². The molecule has 0 unspecified atom stereocenters. The van der Waals surface area contributed by atoms with Crippen molar-refractivity contribution in [1.29, 1.82) is 0 Å².